The van der Waals surface area contributed by atoms with E-state index >= 15 is 0 Å². The molecule has 1 aromatic carbocycles. The van der Waals surface area contributed by atoms with Crippen LogP contribution in [0.4, 0.5) is 0 Å². The van der Waals surface area contributed by atoms with Crippen LogP contribution in [0.2, 0.25) is 0 Å². The van der Waals surface area contributed by atoms with Crippen LogP contribution in [0.15, 0.2) is 24.3 Å². The van der Waals surface area contributed by atoms with Crippen molar-refractivity contribution in [2.75, 3.05) is 0 Å². The Bertz CT molecular complexity index is 511. The number of aromatic carboxylic acids is 1. The first-order valence-electron chi connectivity index (χ1n) is 5.63. The molecule has 8 nitrogen and oxygen atoms in total. The number of amides is 2. The average molecular weight is 282 g/mol. The van der Waals surface area contributed by atoms with E-state index < -0.39 is 29.9 Å². The molecule has 5 N–H and O–H groups in total. The number of carboxylic acid groups (broad SMARTS) is 1. The highest BCUT2D eigenvalue weighted by Gasteiger charge is 2.25. The zero-order valence-electron chi connectivity index (χ0n) is 10.5. The molecule has 2 atom stereocenters. The van der Waals surface area contributed by atoms with Gasteiger partial charge in [0, 0.05) is 5.56 Å². The predicted octanol–water partition coefficient (Wildman–Crippen LogP) is -0.631. The summed E-state index contributed by atoms with van der Waals surface area (Å²) in [6.45, 7) is 1.27. The molecule has 0 aliphatic carbocycles. The summed E-state index contributed by atoms with van der Waals surface area (Å²) in [5.74, 6) is -2.77. The quantitative estimate of drug-likeness (QED) is 0.360. The summed E-state index contributed by atoms with van der Waals surface area (Å²) in [4.78, 5) is 33.7. The summed E-state index contributed by atoms with van der Waals surface area (Å²) in [5.41, 5.74) is 1.47. The van der Waals surface area contributed by atoms with Gasteiger partial charge in [0.15, 0.2) is 0 Å². The molecule has 0 radical (unpaired) electrons. The Morgan fingerprint density at radius 1 is 1.10 bits per heavy atom. The molecule has 1 aromatic rings. The van der Waals surface area contributed by atoms with E-state index in [1.165, 1.54) is 36.7 Å². The number of aliphatic hydroxyl groups excluding tert-OH is 1. The van der Waals surface area contributed by atoms with Gasteiger partial charge in [-0.25, -0.2) is 10.3 Å². The molecule has 0 unspecified atom stereocenters. The Labute approximate surface area is 114 Å². The Hall–Kier alpha value is -2.45. The molecule has 0 bridgehead atoms. The number of hydroxylamine groups is 1. The van der Waals surface area contributed by atoms with Gasteiger partial charge in [0.05, 0.1) is 11.7 Å². The van der Waals surface area contributed by atoms with E-state index in [4.69, 9.17) is 10.3 Å². The van der Waals surface area contributed by atoms with Crippen LogP contribution in [-0.2, 0) is 4.79 Å². The zero-order valence-corrected chi connectivity index (χ0v) is 10.5. The number of benzene rings is 1. The molecule has 2 amide bonds. The van der Waals surface area contributed by atoms with Crippen LogP contribution >= 0.6 is 0 Å². The SMILES string of the molecule is C[C@@H](O)[C@H](NC(=O)c1ccc(C(=O)O)cc1)C(=O)NO. The summed E-state index contributed by atoms with van der Waals surface area (Å²) in [7, 11) is 0. The van der Waals surface area contributed by atoms with Crippen molar-refractivity contribution in [3.63, 3.8) is 0 Å². The lowest BCUT2D eigenvalue weighted by molar-refractivity contribution is -0.133. The van der Waals surface area contributed by atoms with Gasteiger partial charge in [-0.05, 0) is 31.2 Å². The van der Waals surface area contributed by atoms with Gasteiger partial charge in [-0.3, -0.25) is 14.8 Å². The van der Waals surface area contributed by atoms with E-state index in [0.717, 1.165) is 0 Å². The maximum Gasteiger partial charge on any atom is 0.335 e. The molecule has 0 fully saturated rings. The third-order valence-electron chi connectivity index (χ3n) is 2.56. The molecule has 0 saturated carbocycles. The second-order valence-electron chi connectivity index (χ2n) is 4.05. The van der Waals surface area contributed by atoms with Gasteiger partial charge >= 0.3 is 5.97 Å². The number of rotatable bonds is 5. The van der Waals surface area contributed by atoms with Crippen molar-refractivity contribution < 1.29 is 29.8 Å². The standard InChI is InChI=1S/C12H14N2O6/c1-6(15)9(11(17)14-20)13-10(16)7-2-4-8(5-3-7)12(18)19/h2-6,9,15,20H,1H3,(H,13,16)(H,14,17)(H,18,19)/t6-,9+/m1/s1. The van der Waals surface area contributed by atoms with Crippen molar-refractivity contribution in [3.05, 3.63) is 35.4 Å². The maximum absolute atomic E-state index is 11.8. The molecule has 0 aromatic heterocycles. The molecule has 0 saturated heterocycles. The zero-order chi connectivity index (χ0) is 15.3. The van der Waals surface area contributed by atoms with E-state index in [9.17, 15) is 19.5 Å². The van der Waals surface area contributed by atoms with E-state index in [1.54, 1.807) is 0 Å². The number of carboxylic acids is 1. The largest absolute Gasteiger partial charge is 0.478 e. The van der Waals surface area contributed by atoms with Gasteiger partial charge in [0.25, 0.3) is 11.8 Å². The minimum Gasteiger partial charge on any atom is -0.478 e. The highest BCUT2D eigenvalue weighted by molar-refractivity contribution is 5.98. The maximum atomic E-state index is 11.8. The molecule has 0 spiro atoms. The van der Waals surface area contributed by atoms with Crippen LogP contribution in [0.5, 0.6) is 0 Å². The third kappa shape index (κ3) is 3.77. The number of hydrogen-bond donors (Lipinski definition) is 5. The fourth-order valence-electron chi connectivity index (χ4n) is 1.46. The monoisotopic (exact) mass is 282 g/mol. The minimum absolute atomic E-state index is 0.0155. The van der Waals surface area contributed by atoms with Gasteiger partial charge in [-0.15, -0.1) is 0 Å². The lowest BCUT2D eigenvalue weighted by atomic mass is 10.1. The summed E-state index contributed by atoms with van der Waals surface area (Å²) in [6.07, 6.45) is -1.22. The fourth-order valence-corrected chi connectivity index (χ4v) is 1.46. The van der Waals surface area contributed by atoms with Crippen molar-refractivity contribution >= 4 is 17.8 Å². The number of hydrogen-bond acceptors (Lipinski definition) is 5. The Balaban J connectivity index is 2.84. The van der Waals surface area contributed by atoms with Crippen LogP contribution in [0.25, 0.3) is 0 Å². The average Bonchev–Trinajstić information content (AvgIpc) is 2.43. The second kappa shape index (κ2) is 6.64. The van der Waals surface area contributed by atoms with Crippen molar-refractivity contribution in [2.24, 2.45) is 0 Å². The highest BCUT2D eigenvalue weighted by Crippen LogP contribution is 2.05. The second-order valence-corrected chi connectivity index (χ2v) is 4.05. The van der Waals surface area contributed by atoms with Crippen LogP contribution in [0.3, 0.4) is 0 Å². The lowest BCUT2D eigenvalue weighted by Crippen LogP contribution is -2.51. The topological polar surface area (TPSA) is 136 Å². The molecule has 0 heterocycles. The van der Waals surface area contributed by atoms with Crippen molar-refractivity contribution in [3.8, 4) is 0 Å². The van der Waals surface area contributed by atoms with E-state index in [0.29, 0.717) is 0 Å². The first-order valence-corrected chi connectivity index (χ1v) is 5.63. The van der Waals surface area contributed by atoms with E-state index in [1.807, 2.05) is 0 Å². The van der Waals surface area contributed by atoms with Crippen LogP contribution in [-0.4, -0.2) is 45.3 Å². The number of aliphatic hydroxyl groups is 1. The smallest absolute Gasteiger partial charge is 0.335 e. The van der Waals surface area contributed by atoms with Gasteiger partial charge < -0.3 is 15.5 Å². The van der Waals surface area contributed by atoms with Crippen molar-refractivity contribution in [1.29, 1.82) is 0 Å². The summed E-state index contributed by atoms with van der Waals surface area (Å²) in [6, 6.07) is 3.69. The molecular weight excluding hydrogens is 268 g/mol. The molecule has 108 valence electrons. The molecule has 8 heteroatoms. The highest BCUT2D eigenvalue weighted by atomic mass is 16.5. The Kier molecular flexibility index (Phi) is 5.18. The predicted molar refractivity (Wildman–Crippen MR) is 66.3 cm³/mol. The summed E-state index contributed by atoms with van der Waals surface area (Å²) < 4.78 is 0. The lowest BCUT2D eigenvalue weighted by Gasteiger charge is -2.19. The number of nitrogens with one attached hydrogen (secondary N) is 2. The number of carbonyl (C=O) groups excluding carboxylic acids is 2. The van der Waals surface area contributed by atoms with E-state index in [-0.39, 0.29) is 11.1 Å². The fraction of sp³-hybridized carbons (Fsp3) is 0.250. The molecule has 0 aliphatic heterocycles. The first-order chi connectivity index (χ1) is 9.36. The molecule has 1 rings (SSSR count). The summed E-state index contributed by atoms with van der Waals surface area (Å²) >= 11 is 0. The van der Waals surface area contributed by atoms with Gasteiger partial charge in [0.1, 0.15) is 6.04 Å². The Morgan fingerprint density at radius 2 is 1.60 bits per heavy atom. The summed E-state index contributed by atoms with van der Waals surface area (Å²) in [5, 5.41) is 28.8. The van der Waals surface area contributed by atoms with Gasteiger partial charge in [-0.2, -0.15) is 0 Å². The third-order valence-corrected chi connectivity index (χ3v) is 2.56. The Morgan fingerprint density at radius 3 is 2.00 bits per heavy atom. The first kappa shape index (κ1) is 15.6. The molecule has 20 heavy (non-hydrogen) atoms. The number of carbonyl (C=O) groups is 3. The molecule has 0 aliphatic rings. The van der Waals surface area contributed by atoms with E-state index in [2.05, 4.69) is 5.32 Å². The molecular formula is C12H14N2O6. The van der Waals surface area contributed by atoms with Gasteiger partial charge in [-0.1, -0.05) is 0 Å². The van der Waals surface area contributed by atoms with Crippen LogP contribution < -0.4 is 10.8 Å². The van der Waals surface area contributed by atoms with Crippen molar-refractivity contribution in [2.45, 2.75) is 19.1 Å². The van der Waals surface area contributed by atoms with Crippen molar-refractivity contribution in [1.82, 2.24) is 10.8 Å². The normalized spacial score (nSPS) is 13.2. The van der Waals surface area contributed by atoms with Crippen LogP contribution in [0, 0.1) is 0 Å². The van der Waals surface area contributed by atoms with Gasteiger partial charge in [0.2, 0.25) is 0 Å². The minimum atomic E-state index is -1.33. The van der Waals surface area contributed by atoms with Crippen LogP contribution in [0.1, 0.15) is 27.6 Å².